The topological polar surface area (TPSA) is 104 Å². The van der Waals surface area contributed by atoms with E-state index in [1.807, 2.05) is 6.08 Å². The van der Waals surface area contributed by atoms with Crippen molar-refractivity contribution in [3.05, 3.63) is 23.3 Å². The van der Waals surface area contributed by atoms with Crippen LogP contribution in [0.2, 0.25) is 5.28 Å². The van der Waals surface area contributed by atoms with E-state index in [-0.39, 0.29) is 28.3 Å². The van der Waals surface area contributed by atoms with Gasteiger partial charge in [-0.1, -0.05) is 0 Å². The van der Waals surface area contributed by atoms with E-state index in [0.717, 1.165) is 6.42 Å². The first-order valence-electron chi connectivity index (χ1n) is 5.02. The molecule has 2 rings (SSSR count). The second kappa shape index (κ2) is 4.58. The lowest BCUT2D eigenvalue weighted by Crippen LogP contribution is -2.26. The number of ether oxygens (including phenoxy) is 1. The van der Waals surface area contributed by atoms with Crippen LogP contribution in [0.5, 0.6) is 0 Å². The number of hydrogen-bond acceptors (Lipinski definition) is 6. The molecule has 0 amide bonds. The van der Waals surface area contributed by atoms with Crippen molar-refractivity contribution in [1.29, 1.82) is 0 Å². The van der Waals surface area contributed by atoms with Crippen molar-refractivity contribution < 1.29 is 9.53 Å². The zero-order chi connectivity index (χ0) is 12.4. The maximum absolute atomic E-state index is 12.1. The highest BCUT2D eigenvalue weighted by molar-refractivity contribution is 6.28. The number of carbonyl (C=O) groups is 1. The van der Waals surface area contributed by atoms with Crippen LogP contribution >= 0.6 is 11.6 Å². The van der Waals surface area contributed by atoms with E-state index in [9.17, 15) is 4.79 Å². The summed E-state index contributed by atoms with van der Waals surface area (Å²) in [5, 5.41) is -0.105. The predicted molar refractivity (Wildman–Crippen MR) is 63.4 cm³/mol. The first-order chi connectivity index (χ1) is 8.09. The third-order valence-electron chi connectivity index (χ3n) is 2.41. The van der Waals surface area contributed by atoms with Gasteiger partial charge in [-0.15, -0.1) is 0 Å². The number of nitrogens with zero attached hydrogens (tertiary/aromatic N) is 2. The normalized spacial score (nSPS) is 18.8. The molecule has 1 atom stereocenters. The molecular formula is C10H11ClN4O2. The van der Waals surface area contributed by atoms with Crippen molar-refractivity contribution in [1.82, 2.24) is 9.97 Å². The summed E-state index contributed by atoms with van der Waals surface area (Å²) in [6, 6.07) is 0. The van der Waals surface area contributed by atoms with E-state index in [4.69, 9.17) is 27.8 Å². The van der Waals surface area contributed by atoms with Gasteiger partial charge in [0.05, 0.1) is 6.26 Å². The number of ketones is 1. The molecule has 17 heavy (non-hydrogen) atoms. The van der Waals surface area contributed by atoms with Crippen molar-refractivity contribution in [2.75, 3.05) is 11.5 Å². The maximum Gasteiger partial charge on any atom is 0.225 e. The zero-order valence-corrected chi connectivity index (χ0v) is 9.65. The minimum absolute atomic E-state index is 0.000276. The first-order valence-corrected chi connectivity index (χ1v) is 5.40. The van der Waals surface area contributed by atoms with Crippen LogP contribution < -0.4 is 11.5 Å². The molecule has 1 aromatic rings. The smallest absolute Gasteiger partial charge is 0.225 e. The van der Waals surface area contributed by atoms with E-state index >= 15 is 0 Å². The molecule has 1 aromatic heterocycles. The molecule has 2 heterocycles. The van der Waals surface area contributed by atoms with Crippen LogP contribution in [-0.4, -0.2) is 21.9 Å². The number of allylic oxidation sites excluding steroid dienone is 1. The maximum atomic E-state index is 12.1. The third-order valence-corrected chi connectivity index (χ3v) is 2.58. The van der Waals surface area contributed by atoms with Crippen LogP contribution in [0, 0.1) is 0 Å². The number of hydrogen-bond donors (Lipinski definition) is 2. The molecule has 0 fully saturated rings. The van der Waals surface area contributed by atoms with Gasteiger partial charge in [0.25, 0.3) is 0 Å². The van der Waals surface area contributed by atoms with Crippen LogP contribution in [0.15, 0.2) is 12.3 Å². The molecule has 0 spiro atoms. The summed E-state index contributed by atoms with van der Waals surface area (Å²) in [5.74, 6) is -0.331. The summed E-state index contributed by atoms with van der Waals surface area (Å²) in [6.07, 6.45) is 4.09. The first kappa shape index (κ1) is 11.7. The molecule has 6 nitrogen and oxygen atoms in total. The molecule has 4 N–H and O–H groups in total. The summed E-state index contributed by atoms with van der Waals surface area (Å²) in [4.78, 5) is 19.5. The van der Waals surface area contributed by atoms with Crippen molar-refractivity contribution in [3.63, 3.8) is 0 Å². The molecule has 0 saturated heterocycles. The predicted octanol–water partition coefficient (Wildman–Crippen LogP) is 1.17. The SMILES string of the molecule is Nc1nc(Cl)nc(C(=O)C2CCC=CO2)c1N. The minimum atomic E-state index is -0.590. The highest BCUT2D eigenvalue weighted by Gasteiger charge is 2.26. The number of aromatic nitrogens is 2. The lowest BCUT2D eigenvalue weighted by atomic mass is 10.0. The Morgan fingerprint density at radius 1 is 1.47 bits per heavy atom. The van der Waals surface area contributed by atoms with Gasteiger partial charge in [-0.05, 0) is 30.5 Å². The largest absolute Gasteiger partial charge is 0.490 e. The van der Waals surface area contributed by atoms with Gasteiger partial charge in [-0.2, -0.15) is 4.98 Å². The molecule has 1 aliphatic heterocycles. The van der Waals surface area contributed by atoms with E-state index in [2.05, 4.69) is 9.97 Å². The Morgan fingerprint density at radius 2 is 2.24 bits per heavy atom. The van der Waals surface area contributed by atoms with Gasteiger partial charge < -0.3 is 16.2 Å². The average molecular weight is 255 g/mol. The fraction of sp³-hybridized carbons (Fsp3) is 0.300. The van der Waals surface area contributed by atoms with Crippen molar-refractivity contribution >= 4 is 28.9 Å². The highest BCUT2D eigenvalue weighted by Crippen LogP contribution is 2.23. The Morgan fingerprint density at radius 3 is 2.88 bits per heavy atom. The van der Waals surface area contributed by atoms with Gasteiger partial charge in [-0.3, -0.25) is 4.79 Å². The van der Waals surface area contributed by atoms with E-state index in [1.54, 1.807) is 0 Å². The zero-order valence-electron chi connectivity index (χ0n) is 8.89. The molecular weight excluding hydrogens is 244 g/mol. The van der Waals surface area contributed by atoms with E-state index in [1.165, 1.54) is 6.26 Å². The molecule has 0 radical (unpaired) electrons. The van der Waals surface area contributed by atoms with Gasteiger partial charge in [-0.25, -0.2) is 4.98 Å². The number of Topliss-reactive ketones (excluding diaryl/α,β-unsaturated/α-hetero) is 1. The van der Waals surface area contributed by atoms with Crippen LogP contribution in [0.4, 0.5) is 11.5 Å². The molecule has 7 heteroatoms. The van der Waals surface area contributed by atoms with Crippen molar-refractivity contribution in [2.45, 2.75) is 18.9 Å². The minimum Gasteiger partial charge on any atom is -0.490 e. The number of carbonyl (C=O) groups excluding carboxylic acids is 1. The van der Waals surface area contributed by atoms with Gasteiger partial charge in [0.2, 0.25) is 11.1 Å². The molecule has 1 aliphatic rings. The third kappa shape index (κ3) is 2.31. The number of nitrogen functional groups attached to an aromatic ring is 2. The van der Waals surface area contributed by atoms with Crippen molar-refractivity contribution in [3.8, 4) is 0 Å². The van der Waals surface area contributed by atoms with Crippen LogP contribution in [-0.2, 0) is 4.74 Å². The second-order valence-electron chi connectivity index (χ2n) is 3.58. The van der Waals surface area contributed by atoms with Gasteiger partial charge in [0, 0.05) is 0 Å². The standard InChI is InChI=1S/C10H11ClN4O2/c11-10-14-7(6(12)9(13)15-10)8(16)5-3-1-2-4-17-5/h2,4-5H,1,3,12H2,(H2,13,14,15). The second-order valence-corrected chi connectivity index (χ2v) is 3.92. The fourth-order valence-electron chi connectivity index (χ4n) is 1.53. The summed E-state index contributed by atoms with van der Waals surface area (Å²) in [7, 11) is 0. The Hall–Kier alpha value is -1.82. The summed E-state index contributed by atoms with van der Waals surface area (Å²) in [5.41, 5.74) is 11.2. The molecule has 0 bridgehead atoms. The number of rotatable bonds is 2. The molecule has 1 unspecified atom stereocenters. The van der Waals surface area contributed by atoms with Gasteiger partial charge >= 0.3 is 0 Å². The highest BCUT2D eigenvalue weighted by atomic mass is 35.5. The Balaban J connectivity index is 2.33. The molecule has 0 aliphatic carbocycles. The number of nitrogens with two attached hydrogens (primary N) is 2. The van der Waals surface area contributed by atoms with E-state index < -0.39 is 6.10 Å². The van der Waals surface area contributed by atoms with Crippen LogP contribution in [0.3, 0.4) is 0 Å². The number of anilines is 2. The average Bonchev–Trinajstić information content (AvgIpc) is 2.34. The molecule has 0 saturated carbocycles. The summed E-state index contributed by atoms with van der Waals surface area (Å²) in [6.45, 7) is 0. The van der Waals surface area contributed by atoms with Crippen LogP contribution in [0.25, 0.3) is 0 Å². The Kier molecular flexibility index (Phi) is 3.14. The monoisotopic (exact) mass is 254 g/mol. The van der Waals surface area contributed by atoms with Gasteiger partial charge in [0.1, 0.15) is 11.4 Å². The molecule has 90 valence electrons. The van der Waals surface area contributed by atoms with Crippen LogP contribution in [0.1, 0.15) is 23.3 Å². The lowest BCUT2D eigenvalue weighted by molar-refractivity contribution is 0.0655. The Labute approximate surface area is 103 Å². The summed E-state index contributed by atoms with van der Waals surface area (Å²) >= 11 is 5.64. The quantitative estimate of drug-likeness (QED) is 0.606. The van der Waals surface area contributed by atoms with Crippen molar-refractivity contribution in [2.24, 2.45) is 0 Å². The fourth-order valence-corrected chi connectivity index (χ4v) is 1.70. The number of halogens is 1. The van der Waals surface area contributed by atoms with Gasteiger partial charge in [0.15, 0.2) is 11.9 Å². The summed E-state index contributed by atoms with van der Waals surface area (Å²) < 4.78 is 5.20. The van der Waals surface area contributed by atoms with E-state index in [0.29, 0.717) is 6.42 Å². The Bertz CT molecular complexity index is 489. The lowest BCUT2D eigenvalue weighted by Gasteiger charge is -2.18. The molecule has 0 aromatic carbocycles.